The molecule has 0 unspecified atom stereocenters. The smallest absolute Gasteiger partial charge is 0.370 e. The number of alkyl halides is 3. The van der Waals surface area contributed by atoms with E-state index in [4.69, 9.17) is 11.5 Å². The minimum atomic E-state index is -5.23. The number of carbonyl (C=O) groups excluding carboxylic acids is 6. The van der Waals surface area contributed by atoms with Gasteiger partial charge in [0.15, 0.2) is 5.96 Å². The number of hydrogen-bond acceptors (Lipinski definition) is 7. The average molecular weight is 711 g/mol. The second-order valence-electron chi connectivity index (χ2n) is 12.1. The third-order valence-corrected chi connectivity index (χ3v) is 7.93. The number of halogens is 3. The van der Waals surface area contributed by atoms with Gasteiger partial charge >= 0.3 is 6.18 Å². The first-order chi connectivity index (χ1) is 23.8. The lowest BCUT2D eigenvalue weighted by Gasteiger charge is -2.26. The Kier molecular flexibility index (Phi) is 18.3. The van der Waals surface area contributed by atoms with Crippen molar-refractivity contribution in [2.45, 2.75) is 108 Å². The lowest BCUT2D eigenvalue weighted by molar-refractivity contribution is -0.174. The molecule has 0 saturated carbocycles. The number of aliphatic imine (C=N–C) groups is 1. The number of rotatable bonds is 11. The summed E-state index contributed by atoms with van der Waals surface area (Å²) < 4.78 is 40.5. The van der Waals surface area contributed by atoms with Crippen molar-refractivity contribution in [3.8, 4) is 0 Å². The molecule has 1 aromatic carbocycles. The van der Waals surface area contributed by atoms with Gasteiger partial charge in [-0.05, 0) is 76.3 Å². The highest BCUT2D eigenvalue weighted by Gasteiger charge is 2.44. The van der Waals surface area contributed by atoms with Gasteiger partial charge in [0.2, 0.25) is 23.6 Å². The van der Waals surface area contributed by atoms with Crippen LogP contribution in [0.25, 0.3) is 0 Å². The van der Waals surface area contributed by atoms with E-state index < -0.39 is 47.8 Å². The fraction of sp³-hybridized carbons (Fsp3) is 0.606. The molecule has 9 N–H and O–H groups in total. The van der Waals surface area contributed by atoms with Crippen molar-refractivity contribution in [3.63, 3.8) is 0 Å². The molecule has 1 saturated heterocycles. The summed E-state index contributed by atoms with van der Waals surface area (Å²) in [6.07, 6.45) is -2.43. The highest BCUT2D eigenvalue weighted by molar-refractivity contribution is 5.96. The summed E-state index contributed by atoms with van der Waals surface area (Å²) in [4.78, 5) is 80.4. The molecule has 1 fully saturated rings. The second kappa shape index (κ2) is 22.1. The molecule has 2 rings (SSSR count). The predicted octanol–water partition coefficient (Wildman–Crippen LogP) is 1.48. The number of benzene rings is 1. The van der Waals surface area contributed by atoms with Crippen molar-refractivity contribution >= 4 is 41.3 Å². The molecule has 0 radical (unpaired) electrons. The first-order valence-electron chi connectivity index (χ1n) is 16.9. The van der Waals surface area contributed by atoms with Crippen LogP contribution in [-0.4, -0.2) is 85.2 Å². The molecule has 14 nitrogen and oxygen atoms in total. The van der Waals surface area contributed by atoms with Crippen LogP contribution in [0.4, 0.5) is 13.2 Å². The molecule has 1 aromatic rings. The van der Waals surface area contributed by atoms with Crippen LogP contribution in [0.5, 0.6) is 0 Å². The van der Waals surface area contributed by atoms with Gasteiger partial charge in [0.05, 0.1) is 6.04 Å². The Bertz CT molecular complexity index is 1310. The number of ketones is 1. The summed E-state index contributed by atoms with van der Waals surface area (Å²) in [5.74, 6) is -5.10. The molecule has 5 amide bonds. The number of nitrogens with zero attached hydrogens (tertiary/aromatic N) is 1. The van der Waals surface area contributed by atoms with E-state index in [0.717, 1.165) is 0 Å². The standard InChI is InChI=1S/C33H49F3N8O6/c34-33(35,36)28(47)23-14-7-9-19-39-26(45)17-5-2-6-18-27(46)42-24(15-8-10-20-40-29(48)22-12-3-1-4-13-22)30(49)44-25(31(50)43-23)16-11-21-41-32(37)38/h1,3-4,12-13,23-25H,2,5-11,14-21H2,(H,39,45)(H,40,48)(H,42,46)(H,43,50)(H,44,49)(H4,37,38,41)/t23-,24-,25-/m0/s1. The van der Waals surface area contributed by atoms with Crippen LogP contribution in [0.2, 0.25) is 0 Å². The number of nitrogens with two attached hydrogens (primary N) is 2. The maximum atomic E-state index is 13.6. The number of carbonyl (C=O) groups is 6. The van der Waals surface area contributed by atoms with Gasteiger partial charge in [-0.3, -0.25) is 33.8 Å². The van der Waals surface area contributed by atoms with Gasteiger partial charge in [-0.15, -0.1) is 0 Å². The fourth-order valence-electron chi connectivity index (χ4n) is 5.22. The predicted molar refractivity (Wildman–Crippen MR) is 179 cm³/mol. The first-order valence-corrected chi connectivity index (χ1v) is 16.9. The fourth-order valence-corrected chi connectivity index (χ4v) is 5.22. The van der Waals surface area contributed by atoms with Crippen molar-refractivity contribution in [2.24, 2.45) is 16.5 Å². The zero-order valence-corrected chi connectivity index (χ0v) is 28.1. The van der Waals surface area contributed by atoms with Crippen molar-refractivity contribution < 1.29 is 41.9 Å². The van der Waals surface area contributed by atoms with Crippen LogP contribution in [0.15, 0.2) is 35.3 Å². The molecule has 50 heavy (non-hydrogen) atoms. The third kappa shape index (κ3) is 16.6. The van der Waals surface area contributed by atoms with Crippen molar-refractivity contribution in [3.05, 3.63) is 35.9 Å². The first kappa shape index (κ1) is 41.5. The van der Waals surface area contributed by atoms with Crippen LogP contribution in [0.3, 0.4) is 0 Å². The Morgan fingerprint density at radius 1 is 0.800 bits per heavy atom. The summed E-state index contributed by atoms with van der Waals surface area (Å²) in [5.41, 5.74) is 11.2. The molecule has 3 atom stereocenters. The van der Waals surface area contributed by atoms with E-state index >= 15 is 0 Å². The molecule has 278 valence electrons. The molecule has 0 bridgehead atoms. The van der Waals surface area contributed by atoms with Gasteiger partial charge in [0.1, 0.15) is 12.1 Å². The maximum absolute atomic E-state index is 13.6. The van der Waals surface area contributed by atoms with Gasteiger partial charge in [0, 0.05) is 38.0 Å². The minimum absolute atomic E-state index is 0.0491. The molecule has 0 aliphatic carbocycles. The van der Waals surface area contributed by atoms with E-state index in [1.807, 2.05) is 0 Å². The highest BCUT2D eigenvalue weighted by atomic mass is 19.4. The Balaban J connectivity index is 2.23. The molecule has 1 aliphatic heterocycles. The Hall–Kier alpha value is -4.70. The number of hydrogen-bond donors (Lipinski definition) is 7. The maximum Gasteiger partial charge on any atom is 0.452 e. The summed E-state index contributed by atoms with van der Waals surface area (Å²) in [5, 5.41) is 12.9. The zero-order chi connectivity index (χ0) is 36.9. The van der Waals surface area contributed by atoms with Crippen LogP contribution in [0.1, 0.15) is 93.8 Å². The van der Waals surface area contributed by atoms with E-state index in [9.17, 15) is 41.9 Å². The van der Waals surface area contributed by atoms with Gasteiger partial charge in [-0.1, -0.05) is 24.6 Å². The van der Waals surface area contributed by atoms with Gasteiger partial charge in [-0.25, -0.2) is 0 Å². The average Bonchev–Trinajstić information content (AvgIpc) is 3.06. The molecule has 0 aromatic heterocycles. The van der Waals surface area contributed by atoms with E-state index in [2.05, 4.69) is 31.6 Å². The summed E-state index contributed by atoms with van der Waals surface area (Å²) in [6, 6.07) is 4.14. The number of nitrogens with one attached hydrogen (secondary N) is 5. The number of unbranched alkanes of at least 4 members (excludes halogenated alkanes) is 1. The Labute approximate surface area is 289 Å². The number of guanidine groups is 1. The number of Topliss-reactive ketones (excluding diaryl/α,β-unsaturated/α-hetero) is 1. The summed E-state index contributed by atoms with van der Waals surface area (Å²) >= 11 is 0. The SMILES string of the molecule is NC(N)=NCCC[C@@H]1NC(=O)[C@H](CCCCNC(=O)c2ccccc2)NC(=O)CCCCCC(=O)NCCCC[C@@H](C(=O)C(F)(F)F)NC1=O. The molecular weight excluding hydrogens is 661 g/mol. The topological polar surface area (TPSA) is 227 Å². The van der Waals surface area contributed by atoms with E-state index in [1.54, 1.807) is 30.3 Å². The molecule has 17 heteroatoms. The van der Waals surface area contributed by atoms with E-state index in [-0.39, 0.29) is 88.8 Å². The lowest BCUT2D eigenvalue weighted by atomic mass is 10.0. The van der Waals surface area contributed by atoms with E-state index in [0.29, 0.717) is 37.7 Å². The zero-order valence-electron chi connectivity index (χ0n) is 28.1. The normalized spacial score (nSPS) is 20.7. The largest absolute Gasteiger partial charge is 0.452 e. The molecular formula is C33H49F3N8O6. The Morgan fingerprint density at radius 2 is 1.44 bits per heavy atom. The lowest BCUT2D eigenvalue weighted by Crippen LogP contribution is -2.56. The highest BCUT2D eigenvalue weighted by Crippen LogP contribution is 2.21. The molecule has 1 aliphatic rings. The monoisotopic (exact) mass is 710 g/mol. The van der Waals surface area contributed by atoms with Crippen LogP contribution in [0, 0.1) is 0 Å². The van der Waals surface area contributed by atoms with Crippen LogP contribution < -0.4 is 38.1 Å². The van der Waals surface area contributed by atoms with Crippen molar-refractivity contribution in [1.82, 2.24) is 26.6 Å². The van der Waals surface area contributed by atoms with Gasteiger partial charge < -0.3 is 38.1 Å². The van der Waals surface area contributed by atoms with Crippen molar-refractivity contribution in [2.75, 3.05) is 19.6 Å². The van der Waals surface area contributed by atoms with Gasteiger partial charge in [-0.2, -0.15) is 13.2 Å². The van der Waals surface area contributed by atoms with Crippen LogP contribution >= 0.6 is 0 Å². The minimum Gasteiger partial charge on any atom is -0.370 e. The molecule has 1 heterocycles. The second-order valence-corrected chi connectivity index (χ2v) is 12.1. The quantitative estimate of drug-likeness (QED) is 0.101. The van der Waals surface area contributed by atoms with E-state index in [1.165, 1.54) is 0 Å². The van der Waals surface area contributed by atoms with Crippen molar-refractivity contribution in [1.29, 1.82) is 0 Å². The molecule has 0 spiro atoms. The summed E-state index contributed by atoms with van der Waals surface area (Å²) in [6.45, 7) is 0.508. The van der Waals surface area contributed by atoms with Crippen LogP contribution in [-0.2, 0) is 24.0 Å². The van der Waals surface area contributed by atoms with Gasteiger partial charge in [0.25, 0.3) is 11.7 Å². The third-order valence-electron chi connectivity index (χ3n) is 7.93. The Morgan fingerprint density at radius 3 is 2.12 bits per heavy atom. The number of amides is 5. The summed E-state index contributed by atoms with van der Waals surface area (Å²) in [7, 11) is 0.